The Labute approximate surface area is 135 Å². The summed E-state index contributed by atoms with van der Waals surface area (Å²) in [6.45, 7) is 4.07. The Hall–Kier alpha value is -2.69. The summed E-state index contributed by atoms with van der Waals surface area (Å²) in [5.74, 6) is -0.0751. The maximum absolute atomic E-state index is 12.6. The number of hydrogen-bond acceptors (Lipinski definition) is 3. The number of pyridine rings is 2. The second kappa shape index (κ2) is 6.20. The van der Waals surface area contributed by atoms with Gasteiger partial charge in [-0.25, -0.2) is 4.52 Å². The highest BCUT2D eigenvalue weighted by Crippen LogP contribution is 2.12. The van der Waals surface area contributed by atoms with Crippen LogP contribution < -0.4 is 0 Å². The molecule has 23 heavy (non-hydrogen) atoms. The SMILES string of the molecule is Cc1ccnc(C[C@H](C)N(C)C(=O)c2cc3ccccn3n2)c1. The predicted molar refractivity (Wildman–Crippen MR) is 89.4 cm³/mol. The van der Waals surface area contributed by atoms with Crippen molar-refractivity contribution in [2.45, 2.75) is 26.3 Å². The lowest BCUT2D eigenvalue weighted by Crippen LogP contribution is -2.36. The van der Waals surface area contributed by atoms with Gasteiger partial charge in [0.2, 0.25) is 0 Å². The maximum atomic E-state index is 12.6. The number of aryl methyl sites for hydroxylation is 1. The summed E-state index contributed by atoms with van der Waals surface area (Å²) >= 11 is 0. The Kier molecular flexibility index (Phi) is 4.10. The van der Waals surface area contributed by atoms with Crippen molar-refractivity contribution >= 4 is 11.4 Å². The van der Waals surface area contributed by atoms with Gasteiger partial charge in [0, 0.05) is 37.6 Å². The topological polar surface area (TPSA) is 50.5 Å². The Morgan fingerprint density at radius 1 is 1.30 bits per heavy atom. The summed E-state index contributed by atoms with van der Waals surface area (Å²) < 4.78 is 1.72. The van der Waals surface area contributed by atoms with Crippen molar-refractivity contribution in [1.29, 1.82) is 0 Å². The molecule has 0 saturated carbocycles. The number of aromatic nitrogens is 3. The van der Waals surface area contributed by atoms with Crippen molar-refractivity contribution < 1.29 is 4.79 Å². The molecule has 0 aliphatic heterocycles. The zero-order chi connectivity index (χ0) is 16.4. The van der Waals surface area contributed by atoms with E-state index in [2.05, 4.69) is 16.1 Å². The fourth-order valence-electron chi connectivity index (χ4n) is 2.57. The van der Waals surface area contributed by atoms with Crippen LogP contribution in [0.2, 0.25) is 0 Å². The molecule has 0 aromatic carbocycles. The molecular weight excluding hydrogens is 288 g/mol. The van der Waals surface area contributed by atoms with Crippen LogP contribution in [-0.4, -0.2) is 38.5 Å². The molecular formula is C18H20N4O. The van der Waals surface area contributed by atoms with Crippen LogP contribution in [-0.2, 0) is 6.42 Å². The van der Waals surface area contributed by atoms with Crippen LogP contribution in [0.4, 0.5) is 0 Å². The van der Waals surface area contributed by atoms with E-state index in [4.69, 9.17) is 0 Å². The molecule has 0 bridgehead atoms. The van der Waals surface area contributed by atoms with E-state index >= 15 is 0 Å². The Morgan fingerprint density at radius 2 is 2.13 bits per heavy atom. The minimum atomic E-state index is -0.0751. The molecule has 1 amide bonds. The quantitative estimate of drug-likeness (QED) is 0.744. The second-order valence-electron chi connectivity index (χ2n) is 5.89. The third-order valence-corrected chi connectivity index (χ3v) is 4.05. The average molecular weight is 308 g/mol. The van der Waals surface area contributed by atoms with Gasteiger partial charge in [-0.1, -0.05) is 6.07 Å². The minimum Gasteiger partial charge on any atom is -0.337 e. The van der Waals surface area contributed by atoms with Gasteiger partial charge < -0.3 is 4.90 Å². The molecule has 0 N–H and O–H groups in total. The fourth-order valence-corrected chi connectivity index (χ4v) is 2.57. The van der Waals surface area contributed by atoms with Crippen LogP contribution >= 0.6 is 0 Å². The fraction of sp³-hybridized carbons (Fsp3) is 0.278. The lowest BCUT2D eigenvalue weighted by molar-refractivity contribution is 0.0736. The second-order valence-corrected chi connectivity index (χ2v) is 5.89. The van der Waals surface area contributed by atoms with Gasteiger partial charge in [-0.2, -0.15) is 5.10 Å². The van der Waals surface area contributed by atoms with Crippen LogP contribution in [0.25, 0.3) is 5.52 Å². The van der Waals surface area contributed by atoms with Gasteiger partial charge in [-0.3, -0.25) is 9.78 Å². The summed E-state index contributed by atoms with van der Waals surface area (Å²) in [4.78, 5) is 18.7. The zero-order valence-corrected chi connectivity index (χ0v) is 13.6. The minimum absolute atomic E-state index is 0.0432. The van der Waals surface area contributed by atoms with E-state index < -0.39 is 0 Å². The monoisotopic (exact) mass is 308 g/mol. The van der Waals surface area contributed by atoms with Crippen LogP contribution in [0.15, 0.2) is 48.8 Å². The number of likely N-dealkylation sites (N-methyl/N-ethyl adjacent to an activating group) is 1. The van der Waals surface area contributed by atoms with Gasteiger partial charge in [0.1, 0.15) is 0 Å². The summed E-state index contributed by atoms with van der Waals surface area (Å²) in [5.41, 5.74) is 3.55. The van der Waals surface area contributed by atoms with Gasteiger partial charge in [0.05, 0.1) is 5.52 Å². The van der Waals surface area contributed by atoms with E-state index in [0.29, 0.717) is 5.69 Å². The molecule has 3 heterocycles. The van der Waals surface area contributed by atoms with Crippen molar-refractivity contribution in [3.8, 4) is 0 Å². The van der Waals surface area contributed by atoms with Crippen molar-refractivity contribution in [3.63, 3.8) is 0 Å². The lowest BCUT2D eigenvalue weighted by Gasteiger charge is -2.24. The Morgan fingerprint density at radius 3 is 2.87 bits per heavy atom. The van der Waals surface area contributed by atoms with Gasteiger partial charge in [0.15, 0.2) is 5.69 Å². The van der Waals surface area contributed by atoms with Crippen LogP contribution in [0.1, 0.15) is 28.7 Å². The van der Waals surface area contributed by atoms with Gasteiger partial charge in [0.25, 0.3) is 5.91 Å². The maximum Gasteiger partial charge on any atom is 0.274 e. The van der Waals surface area contributed by atoms with Crippen LogP contribution in [0.3, 0.4) is 0 Å². The number of rotatable bonds is 4. The molecule has 5 nitrogen and oxygen atoms in total. The van der Waals surface area contributed by atoms with Crippen LogP contribution in [0.5, 0.6) is 0 Å². The molecule has 0 aliphatic carbocycles. The Balaban J connectivity index is 1.75. The number of fused-ring (bicyclic) bond motifs is 1. The molecule has 0 aliphatic rings. The summed E-state index contributed by atoms with van der Waals surface area (Å²) in [5, 5.41) is 4.35. The third kappa shape index (κ3) is 3.23. The summed E-state index contributed by atoms with van der Waals surface area (Å²) in [6, 6.07) is 11.6. The number of amides is 1. The van der Waals surface area contributed by atoms with Crippen molar-refractivity contribution in [3.05, 3.63) is 65.7 Å². The Bertz CT molecular complexity index is 807. The molecule has 3 rings (SSSR count). The summed E-state index contributed by atoms with van der Waals surface area (Å²) in [7, 11) is 1.81. The van der Waals surface area contributed by atoms with E-state index in [1.54, 1.807) is 15.6 Å². The van der Waals surface area contributed by atoms with E-state index in [1.807, 2.05) is 57.4 Å². The first-order valence-electron chi connectivity index (χ1n) is 7.67. The number of hydrogen-bond donors (Lipinski definition) is 0. The van der Waals surface area contributed by atoms with Crippen molar-refractivity contribution in [1.82, 2.24) is 19.5 Å². The summed E-state index contributed by atoms with van der Waals surface area (Å²) in [6.07, 6.45) is 4.37. The lowest BCUT2D eigenvalue weighted by atomic mass is 10.1. The van der Waals surface area contributed by atoms with Crippen molar-refractivity contribution in [2.75, 3.05) is 7.05 Å². The highest BCUT2D eigenvalue weighted by atomic mass is 16.2. The molecule has 0 unspecified atom stereocenters. The molecule has 0 spiro atoms. The standard InChI is InChI=1S/C18H20N4O/c1-13-7-8-19-15(10-13)11-14(2)21(3)18(23)17-12-16-6-4-5-9-22(16)20-17/h4-10,12,14H,11H2,1-3H3/t14-/m0/s1. The molecule has 3 aromatic rings. The molecule has 118 valence electrons. The predicted octanol–water partition coefficient (Wildman–Crippen LogP) is 2.74. The molecule has 5 heteroatoms. The molecule has 3 aromatic heterocycles. The van der Waals surface area contributed by atoms with E-state index in [0.717, 1.165) is 17.6 Å². The molecule has 0 fully saturated rings. The highest BCUT2D eigenvalue weighted by Gasteiger charge is 2.20. The first-order valence-corrected chi connectivity index (χ1v) is 7.67. The molecule has 0 saturated heterocycles. The molecule has 1 atom stereocenters. The largest absolute Gasteiger partial charge is 0.337 e. The van der Waals surface area contributed by atoms with Gasteiger partial charge >= 0.3 is 0 Å². The highest BCUT2D eigenvalue weighted by molar-refractivity contribution is 5.93. The van der Waals surface area contributed by atoms with Crippen molar-refractivity contribution in [2.24, 2.45) is 0 Å². The average Bonchev–Trinajstić information content (AvgIpc) is 2.97. The third-order valence-electron chi connectivity index (χ3n) is 4.05. The van der Waals surface area contributed by atoms with E-state index in [-0.39, 0.29) is 11.9 Å². The molecule has 0 radical (unpaired) electrons. The normalized spacial score (nSPS) is 12.3. The number of carbonyl (C=O) groups excluding carboxylic acids is 1. The smallest absolute Gasteiger partial charge is 0.274 e. The van der Waals surface area contributed by atoms with Gasteiger partial charge in [-0.15, -0.1) is 0 Å². The number of carbonyl (C=O) groups is 1. The first-order chi connectivity index (χ1) is 11.0. The van der Waals surface area contributed by atoms with Crippen LogP contribution in [0, 0.1) is 6.92 Å². The van der Waals surface area contributed by atoms with E-state index in [9.17, 15) is 4.79 Å². The van der Waals surface area contributed by atoms with Gasteiger partial charge in [-0.05, 0) is 49.7 Å². The van der Waals surface area contributed by atoms with E-state index in [1.165, 1.54) is 5.56 Å². The zero-order valence-electron chi connectivity index (χ0n) is 13.6. The first kappa shape index (κ1) is 15.2. The number of nitrogens with zero attached hydrogens (tertiary/aromatic N) is 4.